The van der Waals surface area contributed by atoms with Crippen LogP contribution in [0.5, 0.6) is 0 Å². The number of hydrogen-bond acceptors (Lipinski definition) is 5. The van der Waals surface area contributed by atoms with Crippen LogP contribution >= 0.6 is 11.6 Å². The summed E-state index contributed by atoms with van der Waals surface area (Å²) >= 11 is 5.70. The van der Waals surface area contributed by atoms with Gasteiger partial charge in [0.2, 0.25) is 5.91 Å². The van der Waals surface area contributed by atoms with Crippen LogP contribution in [0.1, 0.15) is 61.5 Å². The summed E-state index contributed by atoms with van der Waals surface area (Å²) in [6.07, 6.45) is 5.12. The maximum atomic E-state index is 14.7. The highest BCUT2D eigenvalue weighted by Crippen LogP contribution is 2.43. The topological polar surface area (TPSA) is 96.4 Å². The number of carbonyl (C=O) groups is 2. The molecule has 1 N–H and O–H groups in total. The van der Waals surface area contributed by atoms with E-state index in [0.717, 1.165) is 31.4 Å². The number of pyridine rings is 1. The molecule has 1 aromatic carbocycles. The lowest BCUT2D eigenvalue weighted by Gasteiger charge is -2.27. The zero-order valence-corrected chi connectivity index (χ0v) is 21.6. The van der Waals surface area contributed by atoms with Gasteiger partial charge in [-0.1, -0.05) is 31.9 Å². The zero-order valence-electron chi connectivity index (χ0n) is 20.0. The molecule has 11 heteroatoms. The first-order valence-corrected chi connectivity index (χ1v) is 14.0. The van der Waals surface area contributed by atoms with E-state index in [4.69, 9.17) is 11.6 Å². The van der Waals surface area contributed by atoms with Crippen molar-refractivity contribution in [3.63, 3.8) is 0 Å². The molecule has 36 heavy (non-hydrogen) atoms. The summed E-state index contributed by atoms with van der Waals surface area (Å²) in [6.45, 7) is 3.78. The molecule has 7 nitrogen and oxygen atoms in total. The average Bonchev–Trinajstić information content (AvgIpc) is 3.62. The fourth-order valence-electron chi connectivity index (χ4n) is 4.63. The number of nitrogens with one attached hydrogen (secondary N) is 1. The monoisotopic (exact) mass is 539 g/mol. The van der Waals surface area contributed by atoms with Gasteiger partial charge in [0.25, 0.3) is 5.91 Å². The highest BCUT2D eigenvalue weighted by molar-refractivity contribution is 7.91. The summed E-state index contributed by atoms with van der Waals surface area (Å²) in [5, 5.41) is 2.52. The molecule has 1 aromatic heterocycles. The lowest BCUT2D eigenvalue weighted by atomic mass is 9.99. The summed E-state index contributed by atoms with van der Waals surface area (Å²) in [4.78, 5) is 32.2. The summed E-state index contributed by atoms with van der Waals surface area (Å²) in [5.74, 6) is -2.56. The molecule has 1 aliphatic heterocycles. The van der Waals surface area contributed by atoms with Crippen LogP contribution in [0.3, 0.4) is 0 Å². The van der Waals surface area contributed by atoms with Crippen molar-refractivity contribution < 1.29 is 26.8 Å². The molecule has 0 spiro atoms. The largest absolute Gasteiger partial charge is 0.347 e. The Labute approximate surface area is 214 Å². The van der Waals surface area contributed by atoms with Crippen LogP contribution in [-0.4, -0.2) is 48.5 Å². The van der Waals surface area contributed by atoms with Crippen LogP contribution in [0.15, 0.2) is 35.5 Å². The Morgan fingerprint density at radius 1 is 1.17 bits per heavy atom. The number of aromatic nitrogens is 1. The first-order valence-electron chi connectivity index (χ1n) is 12.0. The zero-order chi connectivity index (χ0) is 26.2. The number of sulfone groups is 1. The minimum atomic E-state index is -3.57. The number of benzene rings is 1. The molecule has 4 rings (SSSR count). The quantitative estimate of drug-likeness (QED) is 0.504. The molecule has 1 unspecified atom stereocenters. The first-order chi connectivity index (χ1) is 17.1. The van der Waals surface area contributed by atoms with Crippen LogP contribution in [0.25, 0.3) is 0 Å². The Kier molecular flexibility index (Phi) is 7.66. The minimum Gasteiger partial charge on any atom is -0.347 e. The fraction of sp³-hybridized carbons (Fsp3) is 0.480. The van der Waals surface area contributed by atoms with Crippen LogP contribution in [0.4, 0.5) is 8.78 Å². The Balaban J connectivity index is 1.60. The molecular formula is C25H28ClF2N3O4S. The van der Waals surface area contributed by atoms with Crippen molar-refractivity contribution in [1.29, 1.82) is 0 Å². The molecular weight excluding hydrogens is 512 g/mol. The van der Waals surface area contributed by atoms with Gasteiger partial charge in [-0.25, -0.2) is 17.2 Å². The molecule has 194 valence electrons. The Morgan fingerprint density at radius 3 is 2.53 bits per heavy atom. The van der Waals surface area contributed by atoms with E-state index in [1.165, 1.54) is 30.3 Å². The second-order valence-electron chi connectivity index (χ2n) is 9.41. The molecule has 2 aliphatic rings. The maximum absolute atomic E-state index is 14.7. The Morgan fingerprint density at radius 2 is 1.89 bits per heavy atom. The molecule has 1 aliphatic carbocycles. The van der Waals surface area contributed by atoms with Gasteiger partial charge in [0.1, 0.15) is 17.7 Å². The molecule has 1 saturated carbocycles. The summed E-state index contributed by atoms with van der Waals surface area (Å²) in [7, 11) is -3.57. The predicted octanol–water partition coefficient (Wildman–Crippen LogP) is 4.32. The van der Waals surface area contributed by atoms with E-state index in [1.807, 2.05) is 6.92 Å². The third kappa shape index (κ3) is 5.39. The predicted molar refractivity (Wildman–Crippen MR) is 130 cm³/mol. The van der Waals surface area contributed by atoms with Crippen molar-refractivity contribution in [1.82, 2.24) is 15.2 Å². The molecule has 0 bridgehead atoms. The molecule has 1 saturated heterocycles. The van der Waals surface area contributed by atoms with Gasteiger partial charge in [-0.2, -0.15) is 0 Å². The van der Waals surface area contributed by atoms with Gasteiger partial charge >= 0.3 is 0 Å². The number of carbonyl (C=O) groups excluding carboxylic acids is 2. The number of rotatable bonds is 8. The van der Waals surface area contributed by atoms with Crippen LogP contribution < -0.4 is 5.32 Å². The van der Waals surface area contributed by atoms with Crippen molar-refractivity contribution >= 4 is 33.3 Å². The lowest BCUT2D eigenvalue weighted by Crippen LogP contribution is -2.47. The van der Waals surface area contributed by atoms with E-state index in [-0.39, 0.29) is 38.6 Å². The molecule has 2 amide bonds. The molecule has 2 fully saturated rings. The van der Waals surface area contributed by atoms with Crippen molar-refractivity contribution in [2.75, 3.05) is 12.3 Å². The summed E-state index contributed by atoms with van der Waals surface area (Å²) in [6, 6.07) is 1.60. The Hall–Kier alpha value is -2.59. The second-order valence-corrected chi connectivity index (χ2v) is 12.1. The van der Waals surface area contributed by atoms with Crippen LogP contribution in [0, 0.1) is 23.5 Å². The first kappa shape index (κ1) is 26.5. The van der Waals surface area contributed by atoms with Crippen molar-refractivity contribution in [3.8, 4) is 0 Å². The average molecular weight is 540 g/mol. The molecule has 2 heterocycles. The van der Waals surface area contributed by atoms with Gasteiger partial charge in [0.05, 0.1) is 27.3 Å². The number of likely N-dealkylation sites (tertiary alicyclic amines) is 1. The maximum Gasteiger partial charge on any atom is 0.256 e. The lowest BCUT2D eigenvalue weighted by molar-refractivity contribution is -0.125. The van der Waals surface area contributed by atoms with E-state index >= 15 is 0 Å². The van der Waals surface area contributed by atoms with Gasteiger partial charge in [-0.05, 0) is 49.3 Å². The normalized spacial score (nSPS) is 20.9. The van der Waals surface area contributed by atoms with Crippen LogP contribution in [-0.2, 0) is 14.6 Å². The summed E-state index contributed by atoms with van der Waals surface area (Å²) < 4.78 is 53.3. The van der Waals surface area contributed by atoms with E-state index in [2.05, 4.69) is 10.3 Å². The van der Waals surface area contributed by atoms with E-state index < -0.39 is 45.4 Å². The van der Waals surface area contributed by atoms with Crippen molar-refractivity contribution in [3.05, 3.63) is 58.4 Å². The number of hydrogen-bond donors (Lipinski definition) is 1. The number of amides is 2. The smallest absolute Gasteiger partial charge is 0.256 e. The molecule has 3 atom stereocenters. The van der Waals surface area contributed by atoms with Gasteiger partial charge in [-0.3, -0.25) is 14.6 Å². The minimum absolute atomic E-state index is 0.0253. The van der Waals surface area contributed by atoms with Crippen molar-refractivity contribution in [2.24, 2.45) is 11.8 Å². The third-order valence-corrected chi connectivity index (χ3v) is 8.98. The number of nitrogens with zero attached hydrogens (tertiary/aromatic N) is 2. The third-order valence-electron chi connectivity index (χ3n) is 6.99. The van der Waals surface area contributed by atoms with Crippen LogP contribution in [0.2, 0.25) is 5.02 Å². The standard InChI is InChI=1S/C25H28ClF2N3O4S/c1-3-14-7-22(31(13-14)25(33)16-8-17(12-29-11-16)36(34,35)4-2)24(32)30-23(15-5-6-15)18-9-21(28)19(26)10-20(18)27/h8-12,14-15,22-23H,3-7,13H2,1-2H3,(H,30,32)/t14-,22-,23?/m1/s1. The van der Waals surface area contributed by atoms with E-state index in [1.54, 1.807) is 0 Å². The van der Waals surface area contributed by atoms with Gasteiger partial charge in [0, 0.05) is 24.5 Å². The van der Waals surface area contributed by atoms with Gasteiger partial charge in [-0.15, -0.1) is 0 Å². The Bertz CT molecular complexity index is 1290. The SMILES string of the molecule is CC[C@@H]1C[C@H](C(=O)NC(c2cc(F)c(Cl)cc2F)C2CC2)N(C(=O)c2cncc(S(=O)(=O)CC)c2)C1. The van der Waals surface area contributed by atoms with Gasteiger partial charge in [0.15, 0.2) is 9.84 Å². The highest BCUT2D eigenvalue weighted by atomic mass is 35.5. The van der Waals surface area contributed by atoms with Crippen molar-refractivity contribution in [2.45, 2.75) is 56.5 Å². The molecule has 2 aromatic rings. The fourth-order valence-corrected chi connectivity index (χ4v) is 5.65. The van der Waals surface area contributed by atoms with Gasteiger partial charge < -0.3 is 10.2 Å². The number of halogens is 3. The molecule has 0 radical (unpaired) electrons. The van der Waals surface area contributed by atoms with E-state index in [0.29, 0.717) is 13.0 Å². The summed E-state index contributed by atoms with van der Waals surface area (Å²) in [5.41, 5.74) is 0.0981. The second kappa shape index (κ2) is 10.4. The van der Waals surface area contributed by atoms with E-state index in [9.17, 15) is 26.8 Å². The highest BCUT2D eigenvalue weighted by Gasteiger charge is 2.42.